The molecule has 2 rings (SSSR count). The summed E-state index contributed by atoms with van der Waals surface area (Å²) in [6.07, 6.45) is 8.25. The molecular weight excluding hydrogens is 1010 g/mol. The average Bonchev–Trinajstić information content (AvgIpc) is 3.01. The SMILES string of the molecule is C=PCC1OC(C)[C@H](O)[C@@H]1CC(C)(C)C.CC1OC(CC(C)(C)C)[CH-][C@H]1O.I.II.[W].[Y]. The third-order valence-electron chi connectivity index (χ3n) is 5.04. The number of hydrogen-bond donors (Lipinski definition) is 2. The number of ether oxygens (including phenoxy) is 2. The van der Waals surface area contributed by atoms with Crippen LogP contribution in [-0.4, -0.2) is 59.3 Å². The summed E-state index contributed by atoms with van der Waals surface area (Å²) < 4.78 is 11.3. The molecule has 4 unspecified atom stereocenters. The van der Waals surface area contributed by atoms with Crippen LogP contribution < -0.4 is 0 Å². The standard InChI is InChI=1S/C12H23O2P.C10H19O2.I2.HI.W.Y/c1-8-11(13)9(6-12(2,3)4)10(14-8)7-15-5;1-7-9(11)5-8(12-7)6-10(2,3)4;1-2;;;/h8-11,13H,5-7H2,1-4H3;5,7-9,11H,6H2,1-4H3;;1H;;/q;-1;;;;/t8?,9-,10?,11+;7?,8?,9-;;;;/m11..../s1. The van der Waals surface area contributed by atoms with Crippen LogP contribution in [0.4, 0.5) is 0 Å². The molecule has 0 aromatic carbocycles. The van der Waals surface area contributed by atoms with E-state index in [0.717, 1.165) is 27.2 Å². The second kappa shape index (κ2) is 20.9. The van der Waals surface area contributed by atoms with Crippen molar-refractivity contribution in [2.24, 2.45) is 16.7 Å². The Morgan fingerprint density at radius 1 is 0.938 bits per heavy atom. The topological polar surface area (TPSA) is 58.9 Å². The van der Waals surface area contributed by atoms with Crippen LogP contribution >= 0.6 is 69.4 Å². The molecule has 2 aliphatic rings. The molecule has 2 N–H and O–H groups in total. The van der Waals surface area contributed by atoms with Gasteiger partial charge in [0.05, 0.1) is 18.3 Å². The van der Waals surface area contributed by atoms with Crippen molar-refractivity contribution in [3.63, 3.8) is 0 Å². The van der Waals surface area contributed by atoms with Gasteiger partial charge in [-0.15, -0.1) is 32.2 Å². The second-order valence-corrected chi connectivity index (χ2v) is 11.3. The molecule has 7 atom stereocenters. The first kappa shape index (κ1) is 43.1. The predicted octanol–water partition coefficient (Wildman–Crippen LogP) is 6.72. The van der Waals surface area contributed by atoms with Gasteiger partial charge >= 0.3 is 0 Å². The van der Waals surface area contributed by atoms with Gasteiger partial charge < -0.3 is 19.7 Å². The van der Waals surface area contributed by atoms with Gasteiger partial charge in [-0.05, 0) is 37.2 Å². The minimum absolute atomic E-state index is 0. The maximum absolute atomic E-state index is 10.1. The van der Waals surface area contributed by atoms with Gasteiger partial charge in [0, 0.05) is 109 Å². The zero-order valence-corrected chi connectivity index (χ0v) is 34.1. The summed E-state index contributed by atoms with van der Waals surface area (Å²) in [5.74, 6) is 0.272. The molecule has 2 aliphatic heterocycles. The molecule has 0 aliphatic carbocycles. The van der Waals surface area contributed by atoms with Crippen LogP contribution in [0, 0.1) is 23.2 Å². The summed E-state index contributed by atoms with van der Waals surface area (Å²) in [5, 5.41) is 19.5. The molecule has 191 valence electrons. The van der Waals surface area contributed by atoms with Gasteiger partial charge in [0.25, 0.3) is 0 Å². The molecule has 0 spiro atoms. The van der Waals surface area contributed by atoms with Crippen molar-refractivity contribution in [3.05, 3.63) is 6.42 Å². The molecule has 0 amide bonds. The minimum atomic E-state index is -0.377. The van der Waals surface area contributed by atoms with Crippen molar-refractivity contribution in [1.29, 1.82) is 0 Å². The molecule has 32 heavy (non-hydrogen) atoms. The summed E-state index contributed by atoms with van der Waals surface area (Å²) in [5.41, 5.74) is 0.514. The summed E-state index contributed by atoms with van der Waals surface area (Å²) in [4.78, 5) is 0. The quantitative estimate of drug-likeness (QED) is 0.187. The predicted molar refractivity (Wildman–Crippen MR) is 159 cm³/mol. The summed E-state index contributed by atoms with van der Waals surface area (Å²) in [6.45, 7) is 17.0. The first-order valence-electron chi connectivity index (χ1n) is 10.3. The summed E-state index contributed by atoms with van der Waals surface area (Å²) in [6, 6.07) is 0. The van der Waals surface area contributed by atoms with Crippen molar-refractivity contribution in [2.75, 3.05) is 6.16 Å². The van der Waals surface area contributed by atoms with Gasteiger partial charge in [0.2, 0.25) is 0 Å². The Hall–Kier alpha value is 3.99. The fourth-order valence-electron chi connectivity index (χ4n) is 3.79. The molecule has 2 saturated heterocycles. The Kier molecular flexibility index (Phi) is 28.1. The van der Waals surface area contributed by atoms with Crippen molar-refractivity contribution in [1.82, 2.24) is 0 Å². The van der Waals surface area contributed by atoms with Gasteiger partial charge in [-0.3, -0.25) is 6.42 Å². The van der Waals surface area contributed by atoms with Crippen molar-refractivity contribution >= 4 is 75.7 Å². The van der Waals surface area contributed by atoms with E-state index in [1.807, 2.05) is 20.3 Å². The van der Waals surface area contributed by atoms with E-state index >= 15 is 0 Å². The molecule has 4 nitrogen and oxygen atoms in total. The number of rotatable bonds is 4. The van der Waals surface area contributed by atoms with Gasteiger partial charge in [0.15, 0.2) is 0 Å². The molecule has 10 heteroatoms. The molecule has 2 fully saturated rings. The minimum Gasteiger partial charge on any atom is -0.422 e. The van der Waals surface area contributed by atoms with E-state index < -0.39 is 0 Å². The number of aliphatic hydroxyl groups excluding tert-OH is 2. The number of halogens is 3. The van der Waals surface area contributed by atoms with Crippen LogP contribution in [0.15, 0.2) is 0 Å². The molecule has 0 aromatic rings. The van der Waals surface area contributed by atoms with Crippen LogP contribution in [-0.2, 0) is 63.2 Å². The molecule has 0 bridgehead atoms. The fraction of sp³-hybridized carbons (Fsp3) is 0.909. The monoisotopic (exact) mass is 1060 g/mol. The van der Waals surface area contributed by atoms with E-state index in [-0.39, 0.29) is 131 Å². The van der Waals surface area contributed by atoms with E-state index in [2.05, 4.69) is 85.1 Å². The number of aliphatic hydroxyl groups is 2. The molecule has 0 saturated carbocycles. The van der Waals surface area contributed by atoms with E-state index in [0.29, 0.717) is 0 Å². The fourth-order valence-corrected chi connectivity index (χ4v) is 4.40. The van der Waals surface area contributed by atoms with Gasteiger partial charge in [-0.1, -0.05) is 60.4 Å². The third-order valence-corrected chi connectivity index (χ3v) is 5.66. The maximum Gasteiger partial charge on any atom is 0.0852 e. The Labute approximate surface area is 279 Å². The van der Waals surface area contributed by atoms with E-state index in [9.17, 15) is 10.2 Å². The largest absolute Gasteiger partial charge is 0.422 e. The molecule has 2 heterocycles. The van der Waals surface area contributed by atoms with Gasteiger partial charge in [0.1, 0.15) is 0 Å². The van der Waals surface area contributed by atoms with E-state index in [4.69, 9.17) is 9.47 Å². The van der Waals surface area contributed by atoms with Crippen LogP contribution in [0.1, 0.15) is 68.2 Å². The maximum atomic E-state index is 10.1. The van der Waals surface area contributed by atoms with Gasteiger partial charge in [-0.25, -0.2) is 0 Å². The van der Waals surface area contributed by atoms with Gasteiger partial charge in [-0.2, -0.15) is 0 Å². The third kappa shape index (κ3) is 18.3. The van der Waals surface area contributed by atoms with E-state index in [1.54, 1.807) is 0 Å². The summed E-state index contributed by atoms with van der Waals surface area (Å²) >= 11 is 4.24. The zero-order valence-electron chi connectivity index (χ0n) is 20.8. The molecule has 0 aromatic heterocycles. The van der Waals surface area contributed by atoms with Crippen LogP contribution in [0.3, 0.4) is 0 Å². The number of hydrogen-bond acceptors (Lipinski definition) is 4. The van der Waals surface area contributed by atoms with Crippen molar-refractivity contribution < 1.29 is 73.5 Å². The molecular formula is C22H43I3O4PWY-. The van der Waals surface area contributed by atoms with Crippen LogP contribution in [0.5, 0.6) is 0 Å². The summed E-state index contributed by atoms with van der Waals surface area (Å²) in [7, 11) is 1.10. The second-order valence-electron chi connectivity index (χ2n) is 10.5. The van der Waals surface area contributed by atoms with E-state index in [1.165, 1.54) is 0 Å². The van der Waals surface area contributed by atoms with Crippen molar-refractivity contribution in [2.45, 2.75) is 105 Å². The smallest absolute Gasteiger partial charge is 0.0852 e. The Bertz CT molecular complexity index is 471. The Balaban J connectivity index is -0.000000212. The van der Waals surface area contributed by atoms with Crippen molar-refractivity contribution in [3.8, 4) is 0 Å². The average molecular weight is 1060 g/mol. The first-order valence-corrected chi connectivity index (χ1v) is 17.9. The Morgan fingerprint density at radius 2 is 1.41 bits per heavy atom. The first-order chi connectivity index (χ1) is 13.2. The van der Waals surface area contributed by atoms with Crippen LogP contribution in [0.2, 0.25) is 0 Å². The van der Waals surface area contributed by atoms with Crippen LogP contribution in [0.25, 0.3) is 0 Å². The Morgan fingerprint density at radius 3 is 1.75 bits per heavy atom. The normalized spacial score (nSPS) is 31.7. The molecule has 1 radical (unpaired) electrons. The zero-order chi connectivity index (χ0) is 23.0.